The van der Waals surface area contributed by atoms with E-state index in [9.17, 15) is 14.4 Å². The van der Waals surface area contributed by atoms with Crippen LogP contribution in [0, 0.1) is 0 Å². The number of benzene rings is 1. The molecular formula is C17H19ClN4O4S. The van der Waals surface area contributed by atoms with E-state index in [0.717, 1.165) is 24.6 Å². The van der Waals surface area contributed by atoms with Gasteiger partial charge in [0.1, 0.15) is 0 Å². The van der Waals surface area contributed by atoms with Gasteiger partial charge in [-0.05, 0) is 31.0 Å². The quantitative estimate of drug-likeness (QED) is 0.575. The number of imide groups is 1. The van der Waals surface area contributed by atoms with Crippen molar-refractivity contribution in [2.75, 3.05) is 19.4 Å². The fourth-order valence-electron chi connectivity index (χ4n) is 2.79. The molecule has 1 unspecified atom stereocenters. The Hall–Kier alpha value is -2.10. The van der Waals surface area contributed by atoms with E-state index in [2.05, 4.69) is 15.6 Å². The number of hydrogen-bond donors (Lipinski definition) is 2. The lowest BCUT2D eigenvalue weighted by Gasteiger charge is -2.16. The number of carbonyl (C=O) groups is 2. The minimum Gasteiger partial charge on any atom is -0.376 e. The lowest BCUT2D eigenvalue weighted by Crippen LogP contribution is -2.38. The molecular weight excluding hydrogens is 392 g/mol. The van der Waals surface area contributed by atoms with Gasteiger partial charge in [0, 0.05) is 18.7 Å². The minimum absolute atomic E-state index is 0.0581. The summed E-state index contributed by atoms with van der Waals surface area (Å²) in [6.45, 7) is 1.04. The van der Waals surface area contributed by atoms with E-state index in [0.29, 0.717) is 34.2 Å². The number of amides is 3. The van der Waals surface area contributed by atoms with Gasteiger partial charge in [0.15, 0.2) is 5.16 Å². The second-order valence-electron chi connectivity index (χ2n) is 6.02. The molecule has 1 aliphatic rings. The second kappa shape index (κ2) is 8.73. The van der Waals surface area contributed by atoms with Crippen LogP contribution in [0.3, 0.4) is 0 Å². The number of urea groups is 1. The van der Waals surface area contributed by atoms with Crippen LogP contribution in [0.15, 0.2) is 28.2 Å². The zero-order chi connectivity index (χ0) is 19.4. The van der Waals surface area contributed by atoms with Gasteiger partial charge in [0.25, 0.3) is 5.56 Å². The van der Waals surface area contributed by atoms with Crippen LogP contribution >= 0.6 is 23.4 Å². The normalized spacial score (nSPS) is 16.4. The molecule has 1 fully saturated rings. The zero-order valence-electron chi connectivity index (χ0n) is 14.7. The molecule has 0 saturated carbocycles. The standard InChI is InChI=1S/C17H19ClN4O4S/c1-19-16(25)21-14(23)9-27-17-20-13-7-10(18)4-5-12(13)15(24)22(17)8-11-3-2-6-26-11/h4-5,7,11H,2-3,6,8-9H2,1H3,(H2,19,21,23,25). The van der Waals surface area contributed by atoms with Gasteiger partial charge in [-0.3, -0.25) is 19.5 Å². The van der Waals surface area contributed by atoms with Crippen molar-refractivity contribution in [3.63, 3.8) is 0 Å². The number of halogens is 1. The van der Waals surface area contributed by atoms with Gasteiger partial charge >= 0.3 is 6.03 Å². The van der Waals surface area contributed by atoms with Crippen LogP contribution in [-0.2, 0) is 16.1 Å². The molecule has 1 aliphatic heterocycles. The second-order valence-corrected chi connectivity index (χ2v) is 7.40. The number of thioether (sulfide) groups is 1. The maximum atomic E-state index is 13.0. The van der Waals surface area contributed by atoms with E-state index in [4.69, 9.17) is 16.3 Å². The van der Waals surface area contributed by atoms with Crippen molar-refractivity contribution in [1.29, 1.82) is 0 Å². The van der Waals surface area contributed by atoms with E-state index >= 15 is 0 Å². The first kappa shape index (κ1) is 19.7. The van der Waals surface area contributed by atoms with Crippen LogP contribution < -0.4 is 16.2 Å². The van der Waals surface area contributed by atoms with Gasteiger partial charge in [-0.2, -0.15) is 0 Å². The Morgan fingerprint density at radius 3 is 2.96 bits per heavy atom. The van der Waals surface area contributed by atoms with Crippen molar-refractivity contribution in [2.45, 2.75) is 30.6 Å². The zero-order valence-corrected chi connectivity index (χ0v) is 16.2. The largest absolute Gasteiger partial charge is 0.376 e. The predicted octanol–water partition coefficient (Wildman–Crippen LogP) is 1.78. The number of aromatic nitrogens is 2. The van der Waals surface area contributed by atoms with Gasteiger partial charge in [-0.1, -0.05) is 23.4 Å². The molecule has 2 aromatic rings. The first-order valence-corrected chi connectivity index (χ1v) is 9.80. The van der Waals surface area contributed by atoms with E-state index in [1.807, 2.05) is 0 Å². The van der Waals surface area contributed by atoms with Crippen LogP contribution in [0.5, 0.6) is 0 Å². The lowest BCUT2D eigenvalue weighted by atomic mass is 10.2. The smallest absolute Gasteiger partial charge is 0.321 e. The SMILES string of the molecule is CNC(=O)NC(=O)CSc1nc2cc(Cl)ccc2c(=O)n1CC1CCCO1. The first-order chi connectivity index (χ1) is 13.0. The topological polar surface area (TPSA) is 102 Å². The third-order valence-corrected chi connectivity index (χ3v) is 5.32. The molecule has 0 aliphatic carbocycles. The molecule has 2 heterocycles. The van der Waals surface area contributed by atoms with Gasteiger partial charge in [-0.25, -0.2) is 9.78 Å². The van der Waals surface area contributed by atoms with Crippen molar-refractivity contribution < 1.29 is 14.3 Å². The van der Waals surface area contributed by atoms with E-state index in [-0.39, 0.29) is 17.4 Å². The Labute approximate surface area is 164 Å². The van der Waals surface area contributed by atoms with E-state index in [1.54, 1.807) is 18.2 Å². The molecule has 3 rings (SSSR count). The summed E-state index contributed by atoms with van der Waals surface area (Å²) in [5.74, 6) is -0.541. The molecule has 0 bridgehead atoms. The maximum Gasteiger partial charge on any atom is 0.321 e. The summed E-state index contributed by atoms with van der Waals surface area (Å²) in [5, 5.41) is 5.81. The van der Waals surface area contributed by atoms with Crippen molar-refractivity contribution in [1.82, 2.24) is 20.2 Å². The fourth-order valence-corrected chi connectivity index (χ4v) is 3.77. The highest BCUT2D eigenvalue weighted by Gasteiger charge is 2.21. The average Bonchev–Trinajstić information content (AvgIpc) is 3.15. The molecule has 2 N–H and O–H groups in total. The molecule has 1 aromatic heterocycles. The molecule has 0 spiro atoms. The Morgan fingerprint density at radius 2 is 2.26 bits per heavy atom. The number of fused-ring (bicyclic) bond motifs is 1. The number of ether oxygens (including phenoxy) is 1. The molecule has 10 heteroatoms. The van der Waals surface area contributed by atoms with Crippen LogP contribution in [0.4, 0.5) is 4.79 Å². The summed E-state index contributed by atoms with van der Waals surface area (Å²) < 4.78 is 7.17. The highest BCUT2D eigenvalue weighted by atomic mass is 35.5. The summed E-state index contributed by atoms with van der Waals surface area (Å²) in [4.78, 5) is 40.6. The highest BCUT2D eigenvalue weighted by molar-refractivity contribution is 7.99. The third-order valence-electron chi connectivity index (χ3n) is 4.10. The third kappa shape index (κ3) is 4.79. The maximum absolute atomic E-state index is 13.0. The molecule has 1 aromatic carbocycles. The van der Waals surface area contributed by atoms with E-state index < -0.39 is 11.9 Å². The fraction of sp³-hybridized carbons (Fsp3) is 0.412. The molecule has 144 valence electrons. The Balaban J connectivity index is 1.91. The summed E-state index contributed by atoms with van der Waals surface area (Å²) in [6, 6.07) is 4.32. The van der Waals surface area contributed by atoms with Crippen molar-refractivity contribution in [2.24, 2.45) is 0 Å². The Kier molecular flexibility index (Phi) is 6.35. The number of hydrogen-bond acceptors (Lipinski definition) is 6. The molecule has 1 saturated heterocycles. The van der Waals surface area contributed by atoms with Gasteiger partial charge in [-0.15, -0.1) is 0 Å². The summed E-state index contributed by atoms with van der Waals surface area (Å²) in [7, 11) is 1.42. The van der Waals surface area contributed by atoms with Crippen LogP contribution in [0.25, 0.3) is 10.9 Å². The summed E-state index contributed by atoms with van der Waals surface area (Å²) in [6.07, 6.45) is 1.76. The van der Waals surface area contributed by atoms with E-state index in [1.165, 1.54) is 11.6 Å². The first-order valence-electron chi connectivity index (χ1n) is 8.44. The summed E-state index contributed by atoms with van der Waals surface area (Å²) >= 11 is 7.10. The average molecular weight is 411 g/mol. The van der Waals surface area contributed by atoms with Gasteiger partial charge in [0.05, 0.1) is 29.3 Å². The molecule has 1 atom stereocenters. The van der Waals surface area contributed by atoms with Crippen molar-refractivity contribution in [3.05, 3.63) is 33.6 Å². The minimum atomic E-state index is -0.587. The molecule has 3 amide bonds. The number of nitrogens with one attached hydrogen (secondary N) is 2. The Bertz CT molecular complexity index is 927. The van der Waals surface area contributed by atoms with Crippen LogP contribution in [-0.4, -0.2) is 47.0 Å². The molecule has 27 heavy (non-hydrogen) atoms. The highest BCUT2D eigenvalue weighted by Crippen LogP contribution is 2.22. The van der Waals surface area contributed by atoms with Gasteiger partial charge in [0.2, 0.25) is 5.91 Å². The summed E-state index contributed by atoms with van der Waals surface area (Å²) in [5.41, 5.74) is 0.256. The van der Waals surface area contributed by atoms with Gasteiger partial charge < -0.3 is 10.1 Å². The molecule has 0 radical (unpaired) electrons. The predicted molar refractivity (Wildman–Crippen MR) is 103 cm³/mol. The number of carbonyl (C=O) groups excluding carboxylic acids is 2. The van der Waals surface area contributed by atoms with Crippen LogP contribution in [0.1, 0.15) is 12.8 Å². The molecule has 8 nitrogen and oxygen atoms in total. The van der Waals surface area contributed by atoms with Crippen molar-refractivity contribution in [3.8, 4) is 0 Å². The Morgan fingerprint density at radius 1 is 1.44 bits per heavy atom. The number of nitrogens with zero attached hydrogens (tertiary/aromatic N) is 2. The van der Waals surface area contributed by atoms with Crippen molar-refractivity contribution >= 4 is 46.2 Å². The monoisotopic (exact) mass is 410 g/mol. The number of rotatable bonds is 5. The lowest BCUT2D eigenvalue weighted by molar-refractivity contribution is -0.117. The van der Waals surface area contributed by atoms with Crippen LogP contribution in [0.2, 0.25) is 5.02 Å².